The molecule has 1 aliphatic heterocycles. The number of ketones is 1. The van der Waals surface area contributed by atoms with Crippen molar-refractivity contribution in [1.29, 1.82) is 10.7 Å². The van der Waals surface area contributed by atoms with E-state index >= 15 is 0 Å². The van der Waals surface area contributed by atoms with Gasteiger partial charge in [0.25, 0.3) is 0 Å². The molecule has 2 rings (SSSR count). The Morgan fingerprint density at radius 1 is 1.34 bits per heavy atom. The first-order valence-electron chi connectivity index (χ1n) is 8.96. The lowest BCUT2D eigenvalue weighted by Crippen LogP contribution is -2.48. The molecule has 0 radical (unpaired) electrons. The van der Waals surface area contributed by atoms with Crippen molar-refractivity contribution >= 4 is 27.5 Å². The van der Waals surface area contributed by atoms with Crippen molar-refractivity contribution in [2.24, 2.45) is 5.92 Å². The van der Waals surface area contributed by atoms with Crippen LogP contribution >= 0.6 is 0 Å². The lowest BCUT2D eigenvalue weighted by molar-refractivity contribution is -0.122. The summed E-state index contributed by atoms with van der Waals surface area (Å²) in [5.41, 5.74) is -0.177. The fourth-order valence-corrected chi connectivity index (χ4v) is 4.61. The van der Waals surface area contributed by atoms with E-state index in [9.17, 15) is 18.0 Å². The molecule has 1 aromatic rings. The molecule has 0 bridgehead atoms. The lowest BCUT2D eigenvalue weighted by Gasteiger charge is -2.34. The summed E-state index contributed by atoms with van der Waals surface area (Å²) < 4.78 is 37.6. The molecule has 1 fully saturated rings. The summed E-state index contributed by atoms with van der Waals surface area (Å²) in [5, 5.41) is 16.3. The first kappa shape index (κ1) is 22.7. The molecule has 29 heavy (non-hydrogen) atoms. The molecular weight excluding hydrogens is 398 g/mol. The Balaban J connectivity index is 2.14. The van der Waals surface area contributed by atoms with Crippen LogP contribution in [0.25, 0.3) is 0 Å². The van der Waals surface area contributed by atoms with Gasteiger partial charge in [0.2, 0.25) is 10.0 Å². The highest BCUT2D eigenvalue weighted by Crippen LogP contribution is 2.22. The third-order valence-electron chi connectivity index (χ3n) is 4.32. The Hall–Kier alpha value is -2.61. The number of carbonyl (C=O) groups excluding carboxylic acids is 2. The van der Waals surface area contributed by atoms with Gasteiger partial charge in [-0.3, -0.25) is 4.79 Å². The Morgan fingerprint density at radius 3 is 2.52 bits per heavy atom. The zero-order valence-electron chi connectivity index (χ0n) is 16.4. The number of rotatable bonds is 7. The van der Waals surface area contributed by atoms with Crippen LogP contribution in [0.1, 0.15) is 31.1 Å². The number of nitrogens with one attached hydrogen (secondary N) is 1. The molecule has 0 spiro atoms. The van der Waals surface area contributed by atoms with Gasteiger partial charge in [-0.1, -0.05) is 6.07 Å². The molecule has 9 nitrogen and oxygen atoms in total. The van der Waals surface area contributed by atoms with Gasteiger partial charge in [-0.15, -0.1) is 0 Å². The van der Waals surface area contributed by atoms with Crippen molar-refractivity contribution in [3.63, 3.8) is 0 Å². The van der Waals surface area contributed by atoms with Crippen LogP contribution in [0.2, 0.25) is 0 Å². The van der Waals surface area contributed by atoms with Crippen LogP contribution in [0.5, 0.6) is 0 Å². The first-order chi connectivity index (χ1) is 13.6. The molecule has 0 aliphatic carbocycles. The molecule has 3 atom stereocenters. The molecular formula is C19H23N3O6S. The number of morpholine rings is 1. The Kier molecular flexibility index (Phi) is 7.24. The molecule has 10 heteroatoms. The van der Waals surface area contributed by atoms with Crippen LogP contribution in [0.15, 0.2) is 29.2 Å². The lowest BCUT2D eigenvalue weighted by atomic mass is 10.0. The largest absolute Gasteiger partial charge is 0.454 e. The maximum atomic E-state index is 12.9. The topological polar surface area (TPSA) is 138 Å². The first-order valence-corrected chi connectivity index (χ1v) is 10.4. The third-order valence-corrected chi connectivity index (χ3v) is 6.15. The predicted molar refractivity (Wildman–Crippen MR) is 103 cm³/mol. The number of nitrogens with zero attached hydrogens (tertiary/aromatic N) is 2. The number of ether oxygens (including phenoxy) is 2. The summed E-state index contributed by atoms with van der Waals surface area (Å²) >= 11 is 0. The zero-order chi connectivity index (χ0) is 21.8. The van der Waals surface area contributed by atoms with Crippen molar-refractivity contribution in [2.45, 2.75) is 37.9 Å². The van der Waals surface area contributed by atoms with Crippen molar-refractivity contribution < 1.29 is 27.5 Å². The minimum Gasteiger partial charge on any atom is -0.454 e. The van der Waals surface area contributed by atoms with E-state index in [0.29, 0.717) is 0 Å². The molecule has 0 amide bonds. The predicted octanol–water partition coefficient (Wildman–Crippen LogP) is 1.39. The second-order valence-electron chi connectivity index (χ2n) is 6.89. The summed E-state index contributed by atoms with van der Waals surface area (Å²) in [4.78, 5) is 24.1. The van der Waals surface area contributed by atoms with Gasteiger partial charge in [0, 0.05) is 18.8 Å². The number of esters is 1. The summed E-state index contributed by atoms with van der Waals surface area (Å²) in [6, 6.07) is 7.04. The van der Waals surface area contributed by atoms with E-state index in [2.05, 4.69) is 0 Å². The summed E-state index contributed by atoms with van der Waals surface area (Å²) in [5.74, 6) is -2.88. The molecule has 0 aromatic heterocycles. The van der Waals surface area contributed by atoms with Gasteiger partial charge in [0.1, 0.15) is 5.92 Å². The summed E-state index contributed by atoms with van der Waals surface area (Å²) in [6.07, 6.45) is -0.504. The maximum absolute atomic E-state index is 12.9. The Labute approximate surface area is 169 Å². The molecule has 0 saturated carbocycles. The van der Waals surface area contributed by atoms with Gasteiger partial charge in [0.05, 0.1) is 28.7 Å². The number of hydrogen-bond acceptors (Lipinski definition) is 8. The highest BCUT2D eigenvalue weighted by atomic mass is 32.2. The molecule has 156 valence electrons. The number of nitriles is 1. The standard InChI is InChI=1S/C19H23N3O6S/c1-12-9-22(10-13(2)28-12)29(25,26)16-6-4-5-15(7-16)19(24)27-11-18(23)17(8-20)14(3)21/h4-7,12-13,17,21H,9-11H2,1-3H3/t12-,13-,17-/m0/s1. The van der Waals surface area contributed by atoms with Crippen molar-refractivity contribution in [2.75, 3.05) is 19.7 Å². The average molecular weight is 421 g/mol. The molecule has 1 saturated heterocycles. The molecule has 0 unspecified atom stereocenters. The van der Waals surface area contributed by atoms with Gasteiger partial charge >= 0.3 is 5.97 Å². The number of benzene rings is 1. The van der Waals surface area contributed by atoms with Crippen molar-refractivity contribution in [1.82, 2.24) is 4.31 Å². The Morgan fingerprint density at radius 2 is 1.97 bits per heavy atom. The normalized spacial score (nSPS) is 21.0. The van der Waals surface area contributed by atoms with Gasteiger partial charge < -0.3 is 14.9 Å². The van der Waals surface area contributed by atoms with Gasteiger partial charge in [-0.05, 0) is 39.0 Å². The highest BCUT2D eigenvalue weighted by molar-refractivity contribution is 7.89. The Bertz CT molecular complexity index is 943. The zero-order valence-corrected chi connectivity index (χ0v) is 17.2. The minimum atomic E-state index is -3.84. The van der Waals surface area contributed by atoms with Crippen LogP contribution in [0.3, 0.4) is 0 Å². The van der Waals surface area contributed by atoms with Gasteiger partial charge in [0.15, 0.2) is 12.4 Å². The quantitative estimate of drug-likeness (QED) is 0.518. The fourth-order valence-electron chi connectivity index (χ4n) is 2.97. The van der Waals surface area contributed by atoms with E-state index in [-0.39, 0.29) is 41.5 Å². The number of sulfonamides is 1. The monoisotopic (exact) mass is 421 g/mol. The SMILES string of the molecule is CC(=N)[C@H](C#N)C(=O)COC(=O)c1cccc(S(=O)(=O)N2C[C@H](C)O[C@@H](C)C2)c1. The van der Waals surface area contributed by atoms with Crippen molar-refractivity contribution in [3.05, 3.63) is 29.8 Å². The van der Waals surface area contributed by atoms with Crippen LogP contribution in [-0.4, -0.2) is 62.1 Å². The average Bonchev–Trinajstić information content (AvgIpc) is 2.65. The van der Waals surface area contributed by atoms with Crippen LogP contribution in [-0.2, 0) is 24.3 Å². The van der Waals surface area contributed by atoms with Gasteiger partial charge in [-0.2, -0.15) is 9.57 Å². The number of hydrogen-bond donors (Lipinski definition) is 1. The summed E-state index contributed by atoms with van der Waals surface area (Å²) in [7, 11) is -3.84. The second-order valence-corrected chi connectivity index (χ2v) is 8.83. The summed E-state index contributed by atoms with van der Waals surface area (Å²) in [6.45, 7) is 4.61. The van der Waals surface area contributed by atoms with E-state index in [0.717, 1.165) is 0 Å². The van der Waals surface area contributed by atoms with E-state index in [4.69, 9.17) is 20.1 Å². The fraction of sp³-hybridized carbons (Fsp3) is 0.474. The minimum absolute atomic E-state index is 0.0340. The molecule has 1 aromatic carbocycles. The highest BCUT2D eigenvalue weighted by Gasteiger charge is 2.32. The number of carbonyl (C=O) groups is 2. The van der Waals surface area contributed by atoms with E-state index in [1.54, 1.807) is 19.9 Å². The van der Waals surface area contributed by atoms with Gasteiger partial charge in [-0.25, -0.2) is 13.2 Å². The maximum Gasteiger partial charge on any atom is 0.338 e. The molecule has 1 aliphatic rings. The van der Waals surface area contributed by atoms with Crippen LogP contribution in [0, 0.1) is 22.7 Å². The smallest absolute Gasteiger partial charge is 0.338 e. The molecule has 1 heterocycles. The van der Waals surface area contributed by atoms with Crippen molar-refractivity contribution in [3.8, 4) is 6.07 Å². The molecule has 1 N–H and O–H groups in total. The third kappa shape index (κ3) is 5.47. The second kappa shape index (κ2) is 9.26. The van der Waals surface area contributed by atoms with E-state index in [1.165, 1.54) is 35.5 Å². The number of Topliss-reactive ketones (excluding diaryl/α,β-unsaturated/α-hetero) is 1. The van der Waals surface area contributed by atoms with E-state index < -0.39 is 34.3 Å². The van der Waals surface area contributed by atoms with E-state index in [1.807, 2.05) is 0 Å². The van der Waals surface area contributed by atoms with Crippen LogP contribution < -0.4 is 0 Å². The van der Waals surface area contributed by atoms with Crippen LogP contribution in [0.4, 0.5) is 0 Å².